The number of nitrogens with one attached hydrogen (secondary N) is 2. The molecule has 0 fully saturated rings. The van der Waals surface area contributed by atoms with Crippen LogP contribution in [0.2, 0.25) is 0 Å². The molecule has 1 aliphatic heterocycles. The Morgan fingerprint density at radius 1 is 1.13 bits per heavy atom. The maximum atomic E-state index is 12.3. The van der Waals surface area contributed by atoms with E-state index in [2.05, 4.69) is 10.9 Å². The number of carbonyl (C=O) groups excluding carboxylic acids is 3. The lowest BCUT2D eigenvalue weighted by Crippen LogP contribution is -2.44. The molecule has 0 radical (unpaired) electrons. The summed E-state index contributed by atoms with van der Waals surface area (Å²) in [5, 5.41) is 0. The molecule has 3 rings (SSSR count). The normalized spacial score (nSPS) is 12.5. The summed E-state index contributed by atoms with van der Waals surface area (Å²) in [5.41, 5.74) is 5.63. The highest BCUT2D eigenvalue weighted by Gasteiger charge is 2.25. The zero-order valence-corrected chi connectivity index (χ0v) is 16.8. The van der Waals surface area contributed by atoms with Gasteiger partial charge in [-0.1, -0.05) is 12.1 Å². The molecule has 0 saturated carbocycles. The van der Waals surface area contributed by atoms with Crippen LogP contribution in [0.4, 0.5) is 5.69 Å². The number of anilines is 1. The van der Waals surface area contributed by atoms with Gasteiger partial charge in [-0.3, -0.25) is 25.2 Å². The van der Waals surface area contributed by atoms with Gasteiger partial charge in [0.25, 0.3) is 11.8 Å². The van der Waals surface area contributed by atoms with Gasteiger partial charge in [0.2, 0.25) is 5.91 Å². The fraction of sp³-hybridized carbons (Fsp3) is 0.286. The molecule has 2 aromatic rings. The van der Waals surface area contributed by atoms with Crippen LogP contribution in [-0.4, -0.2) is 44.6 Å². The number of ether oxygens (including phenoxy) is 3. The first kappa shape index (κ1) is 21.0. The summed E-state index contributed by atoms with van der Waals surface area (Å²) in [7, 11) is 1.48. The first-order chi connectivity index (χ1) is 14.5. The number of rotatable bonds is 7. The Morgan fingerprint density at radius 2 is 1.93 bits per heavy atom. The largest absolute Gasteiger partial charge is 0.493 e. The van der Waals surface area contributed by atoms with Crippen LogP contribution in [0, 0.1) is 0 Å². The number of benzene rings is 2. The van der Waals surface area contributed by atoms with Crippen molar-refractivity contribution in [3.63, 3.8) is 0 Å². The summed E-state index contributed by atoms with van der Waals surface area (Å²) in [6, 6.07) is 11.8. The van der Waals surface area contributed by atoms with Crippen LogP contribution in [0.15, 0.2) is 42.5 Å². The Bertz CT molecular complexity index is 946. The van der Waals surface area contributed by atoms with E-state index in [4.69, 9.17) is 14.2 Å². The van der Waals surface area contributed by atoms with Crippen molar-refractivity contribution in [3.05, 3.63) is 48.0 Å². The highest BCUT2D eigenvalue weighted by Crippen LogP contribution is 2.31. The summed E-state index contributed by atoms with van der Waals surface area (Å²) in [6.45, 7) is 2.40. The number of amides is 3. The third kappa shape index (κ3) is 4.80. The van der Waals surface area contributed by atoms with Crippen LogP contribution in [0.3, 0.4) is 0 Å². The average Bonchev–Trinajstić information content (AvgIpc) is 2.77. The van der Waals surface area contributed by atoms with E-state index in [0.29, 0.717) is 35.1 Å². The van der Waals surface area contributed by atoms with Crippen molar-refractivity contribution < 1.29 is 28.6 Å². The second-order valence-electron chi connectivity index (χ2n) is 6.35. The van der Waals surface area contributed by atoms with Gasteiger partial charge in [-0.05, 0) is 37.3 Å². The molecule has 0 saturated heterocycles. The molecule has 9 nitrogen and oxygen atoms in total. The summed E-state index contributed by atoms with van der Waals surface area (Å²) in [5.74, 6) is 0.370. The molecule has 1 heterocycles. The molecule has 0 atom stereocenters. The molecule has 0 bridgehead atoms. The van der Waals surface area contributed by atoms with Gasteiger partial charge in [-0.25, -0.2) is 0 Å². The number of para-hydroxylation sites is 2. The van der Waals surface area contributed by atoms with Gasteiger partial charge in [0.05, 0.1) is 19.4 Å². The monoisotopic (exact) mass is 413 g/mol. The lowest BCUT2D eigenvalue weighted by Gasteiger charge is -2.29. The molecular formula is C21H23N3O6. The number of fused-ring (bicyclic) bond motifs is 1. The fourth-order valence-electron chi connectivity index (χ4n) is 2.96. The second kappa shape index (κ2) is 9.64. The summed E-state index contributed by atoms with van der Waals surface area (Å²) in [6.07, 6.45) is 0.00690. The van der Waals surface area contributed by atoms with Crippen molar-refractivity contribution in [2.75, 3.05) is 31.8 Å². The number of hydrogen-bond donors (Lipinski definition) is 2. The first-order valence-corrected chi connectivity index (χ1v) is 9.45. The predicted molar refractivity (Wildman–Crippen MR) is 109 cm³/mol. The number of hydrogen-bond acceptors (Lipinski definition) is 6. The van der Waals surface area contributed by atoms with Crippen molar-refractivity contribution in [2.45, 2.75) is 13.3 Å². The van der Waals surface area contributed by atoms with Gasteiger partial charge in [0.1, 0.15) is 5.75 Å². The molecule has 2 aromatic carbocycles. The van der Waals surface area contributed by atoms with Gasteiger partial charge in [-0.2, -0.15) is 0 Å². The highest BCUT2D eigenvalue weighted by atomic mass is 16.5. The topological polar surface area (TPSA) is 106 Å². The van der Waals surface area contributed by atoms with E-state index in [1.807, 2.05) is 13.0 Å². The maximum Gasteiger partial charge on any atom is 0.269 e. The van der Waals surface area contributed by atoms with E-state index < -0.39 is 11.8 Å². The Labute approximate surface area is 173 Å². The third-order valence-electron chi connectivity index (χ3n) is 4.41. The number of hydrazine groups is 1. The molecular weight excluding hydrogens is 390 g/mol. The standard InChI is InChI=1S/C21H23N3O6/c1-3-29-17-9-8-14(12-18(17)28-2)21(27)23-22-19(25)10-11-24-15-6-4-5-7-16(15)30-13-20(24)26/h4-9,12H,3,10-11,13H2,1-2H3,(H,22,25)(H,23,27). The van der Waals surface area contributed by atoms with Gasteiger partial charge < -0.3 is 19.1 Å². The molecule has 0 spiro atoms. The van der Waals surface area contributed by atoms with E-state index in [0.717, 1.165) is 0 Å². The fourth-order valence-corrected chi connectivity index (χ4v) is 2.96. The summed E-state index contributed by atoms with van der Waals surface area (Å²) in [4.78, 5) is 38.1. The molecule has 2 N–H and O–H groups in total. The third-order valence-corrected chi connectivity index (χ3v) is 4.41. The van der Waals surface area contributed by atoms with Crippen molar-refractivity contribution >= 4 is 23.4 Å². The SMILES string of the molecule is CCOc1ccc(C(=O)NNC(=O)CCN2C(=O)COc3ccccc32)cc1OC. The Kier molecular flexibility index (Phi) is 6.74. The van der Waals surface area contributed by atoms with Gasteiger partial charge in [0, 0.05) is 18.5 Å². The van der Waals surface area contributed by atoms with Crippen LogP contribution < -0.4 is 30.0 Å². The van der Waals surface area contributed by atoms with Gasteiger partial charge in [0.15, 0.2) is 18.1 Å². The van der Waals surface area contributed by atoms with Crippen LogP contribution >= 0.6 is 0 Å². The zero-order chi connectivity index (χ0) is 21.5. The molecule has 30 heavy (non-hydrogen) atoms. The quantitative estimate of drug-likeness (QED) is 0.669. The van der Waals surface area contributed by atoms with Crippen LogP contribution in [-0.2, 0) is 9.59 Å². The Hall–Kier alpha value is -3.75. The van der Waals surface area contributed by atoms with Crippen LogP contribution in [0.25, 0.3) is 0 Å². The zero-order valence-electron chi connectivity index (χ0n) is 16.8. The van der Waals surface area contributed by atoms with Crippen molar-refractivity contribution in [2.24, 2.45) is 0 Å². The minimum Gasteiger partial charge on any atom is -0.493 e. The van der Waals surface area contributed by atoms with E-state index in [1.165, 1.54) is 18.1 Å². The molecule has 1 aliphatic rings. The van der Waals surface area contributed by atoms with Gasteiger partial charge in [-0.15, -0.1) is 0 Å². The molecule has 0 aliphatic carbocycles. The molecule has 0 unspecified atom stereocenters. The average molecular weight is 413 g/mol. The van der Waals surface area contributed by atoms with Crippen molar-refractivity contribution in [3.8, 4) is 17.2 Å². The molecule has 158 valence electrons. The highest BCUT2D eigenvalue weighted by molar-refractivity contribution is 5.99. The molecule has 0 aromatic heterocycles. The van der Waals surface area contributed by atoms with E-state index in [9.17, 15) is 14.4 Å². The second-order valence-corrected chi connectivity index (χ2v) is 6.35. The van der Waals surface area contributed by atoms with Crippen LogP contribution in [0.1, 0.15) is 23.7 Å². The molecule has 9 heteroatoms. The van der Waals surface area contributed by atoms with Crippen molar-refractivity contribution in [1.29, 1.82) is 0 Å². The number of nitrogens with zero attached hydrogens (tertiary/aromatic N) is 1. The Morgan fingerprint density at radius 3 is 2.70 bits per heavy atom. The number of methoxy groups -OCH3 is 1. The van der Waals surface area contributed by atoms with Crippen molar-refractivity contribution in [1.82, 2.24) is 10.9 Å². The first-order valence-electron chi connectivity index (χ1n) is 9.45. The lowest BCUT2D eigenvalue weighted by molar-refractivity contribution is -0.122. The summed E-state index contributed by atoms with van der Waals surface area (Å²) < 4.78 is 16.0. The molecule has 3 amide bonds. The predicted octanol–water partition coefficient (Wildman–Crippen LogP) is 1.67. The minimum absolute atomic E-state index is 0.00690. The smallest absolute Gasteiger partial charge is 0.269 e. The van der Waals surface area contributed by atoms with E-state index in [1.54, 1.807) is 30.3 Å². The summed E-state index contributed by atoms with van der Waals surface area (Å²) >= 11 is 0. The maximum absolute atomic E-state index is 12.3. The van der Waals surface area contributed by atoms with Crippen LogP contribution in [0.5, 0.6) is 17.2 Å². The van der Waals surface area contributed by atoms with E-state index >= 15 is 0 Å². The minimum atomic E-state index is -0.502. The number of carbonyl (C=O) groups is 3. The van der Waals surface area contributed by atoms with Gasteiger partial charge >= 0.3 is 0 Å². The van der Waals surface area contributed by atoms with E-state index in [-0.39, 0.29) is 25.5 Å². The Balaban J connectivity index is 1.54. The lowest BCUT2D eigenvalue weighted by atomic mass is 10.2.